The summed E-state index contributed by atoms with van der Waals surface area (Å²) in [4.78, 5) is -0.692. The van der Waals surface area contributed by atoms with Gasteiger partial charge in [0.15, 0.2) is 9.84 Å². The summed E-state index contributed by atoms with van der Waals surface area (Å²) < 4.78 is 224. The van der Waals surface area contributed by atoms with Crippen LogP contribution in [-0.2, 0) is 9.84 Å². The van der Waals surface area contributed by atoms with E-state index in [4.69, 9.17) is 0 Å². The van der Waals surface area contributed by atoms with Gasteiger partial charge >= 0.3 is 63.2 Å². The highest BCUT2D eigenvalue weighted by Crippen LogP contribution is 2.62. The van der Waals surface area contributed by atoms with Crippen molar-refractivity contribution in [3.8, 4) is 0 Å². The van der Waals surface area contributed by atoms with Crippen LogP contribution in [0.4, 0.5) is 65.9 Å². The van der Waals surface area contributed by atoms with Gasteiger partial charge in [-0.1, -0.05) is 12.1 Å². The summed E-state index contributed by atoms with van der Waals surface area (Å²) in [5, 5.41) is 11.6. The molecule has 0 saturated carbocycles. The second kappa shape index (κ2) is 10.00. The second-order valence-corrected chi connectivity index (χ2v) is 13.3. The van der Waals surface area contributed by atoms with Crippen molar-refractivity contribution in [2.75, 3.05) is 0 Å². The minimum atomic E-state index is -8.53. The quantitative estimate of drug-likeness (QED) is 0.170. The van der Waals surface area contributed by atoms with E-state index in [0.717, 1.165) is 45.0 Å². The SMILES string of the molecule is CC(C)(C)S(=O)(=O)c1ccccc1[I+]/N=C(\[O-])C(F)(F)C(F)(F)C(F)(F)C(F)(F)C(F)(F)C(F)(F)C(F)(F)F. The third kappa shape index (κ3) is 5.36. The number of nitrogens with zero attached hydrogens (tertiary/aromatic N) is 1. The highest BCUT2D eigenvalue weighted by molar-refractivity contribution is 7.92. The molecule has 1 aromatic rings. The number of benzene rings is 1. The van der Waals surface area contributed by atoms with Crippen molar-refractivity contribution >= 4 is 15.7 Å². The Morgan fingerprint density at radius 3 is 1.49 bits per heavy atom. The van der Waals surface area contributed by atoms with Crippen LogP contribution in [0, 0.1) is 3.57 Å². The molecule has 0 atom stereocenters. The number of hydrogen-bond acceptors (Lipinski definition) is 4. The Bertz CT molecular complexity index is 1200. The molecular weight excluding hydrogens is 722 g/mol. The highest BCUT2D eigenvalue weighted by atomic mass is 127. The van der Waals surface area contributed by atoms with E-state index in [0.29, 0.717) is 0 Å². The minimum Gasteiger partial charge on any atom is -0.855 e. The zero-order valence-electron chi connectivity index (χ0n) is 18.9. The molecule has 0 N–H and O–H groups in total. The predicted octanol–water partition coefficient (Wildman–Crippen LogP) is 2.57. The van der Waals surface area contributed by atoms with E-state index < -0.39 is 92.1 Å². The largest absolute Gasteiger partial charge is 0.855 e. The first-order valence-corrected chi connectivity index (χ1v) is 13.0. The summed E-state index contributed by atoms with van der Waals surface area (Å²) in [5.74, 6) is -52.5. The number of alkyl halides is 15. The van der Waals surface area contributed by atoms with Gasteiger partial charge in [-0.05, 0) is 36.1 Å². The van der Waals surface area contributed by atoms with Gasteiger partial charge in [0, 0.05) is 0 Å². The summed E-state index contributed by atoms with van der Waals surface area (Å²) in [7, 11) is -4.35. The van der Waals surface area contributed by atoms with E-state index in [9.17, 15) is 79.4 Å². The van der Waals surface area contributed by atoms with Crippen molar-refractivity contribution in [1.82, 2.24) is 0 Å². The molecule has 0 aliphatic rings. The predicted molar refractivity (Wildman–Crippen MR) is 95.2 cm³/mol. The molecule has 0 heterocycles. The standard InChI is InChI=1S/C18H13F15INO3S/c1-11(2,3)39(37,38)9-7-5-4-6-8(9)34-35-10(36)12(19,20)13(21,22)14(23,24)15(25,26)16(27,28)17(29,30)18(31,32)33/h4-7H,1-3H3. The highest BCUT2D eigenvalue weighted by Gasteiger charge is 2.93. The fourth-order valence-corrected chi connectivity index (χ4v) is 6.21. The fraction of sp³-hybridized carbons (Fsp3) is 0.611. The van der Waals surface area contributed by atoms with Crippen LogP contribution >= 0.6 is 0 Å². The molecule has 0 bridgehead atoms. The van der Waals surface area contributed by atoms with Crippen molar-refractivity contribution in [2.45, 2.75) is 72.1 Å². The Morgan fingerprint density at radius 2 is 1.08 bits per heavy atom. The van der Waals surface area contributed by atoms with Crippen molar-refractivity contribution in [1.29, 1.82) is 0 Å². The van der Waals surface area contributed by atoms with Crippen molar-refractivity contribution in [3.05, 3.63) is 27.8 Å². The van der Waals surface area contributed by atoms with Gasteiger partial charge in [0.2, 0.25) is 3.57 Å². The van der Waals surface area contributed by atoms with Gasteiger partial charge in [-0.3, -0.25) is 0 Å². The van der Waals surface area contributed by atoms with Gasteiger partial charge in [0.1, 0.15) is 4.90 Å². The lowest BCUT2D eigenvalue weighted by atomic mass is 9.91. The molecule has 0 spiro atoms. The molecule has 0 amide bonds. The van der Waals surface area contributed by atoms with Crippen LogP contribution in [-0.4, -0.2) is 60.8 Å². The molecule has 1 aromatic carbocycles. The molecule has 39 heavy (non-hydrogen) atoms. The lowest BCUT2D eigenvalue weighted by Gasteiger charge is -2.41. The molecule has 0 aromatic heterocycles. The number of rotatable bonds is 9. The maximum absolute atomic E-state index is 14.0. The smallest absolute Gasteiger partial charge is 0.492 e. The van der Waals surface area contributed by atoms with Crippen LogP contribution in [0.5, 0.6) is 0 Å². The molecule has 0 unspecified atom stereocenters. The van der Waals surface area contributed by atoms with Crippen LogP contribution in [0.2, 0.25) is 0 Å². The first-order valence-electron chi connectivity index (χ1n) is 9.44. The lowest BCUT2D eigenvalue weighted by Crippen LogP contribution is -3.59. The van der Waals surface area contributed by atoms with E-state index in [1.54, 1.807) is 0 Å². The van der Waals surface area contributed by atoms with Crippen LogP contribution in [0.1, 0.15) is 20.8 Å². The summed E-state index contributed by atoms with van der Waals surface area (Å²) in [6.07, 6.45) is -7.75. The maximum Gasteiger partial charge on any atom is 0.492 e. The first-order chi connectivity index (χ1) is 16.9. The Kier molecular flexibility index (Phi) is 9.06. The average Bonchev–Trinajstić information content (AvgIpc) is 2.75. The van der Waals surface area contributed by atoms with Gasteiger partial charge in [-0.25, -0.2) is 8.42 Å². The fourth-order valence-electron chi connectivity index (χ4n) is 2.30. The summed E-state index contributed by atoms with van der Waals surface area (Å²) in [6.45, 7) is 3.44. The Morgan fingerprint density at radius 1 is 0.692 bits per heavy atom. The molecular formula is C18H13F15INO3S. The molecule has 21 heteroatoms. The minimum absolute atomic E-state index is 0.591. The number of halogens is 16. The molecule has 1 rings (SSSR count). The molecule has 0 aliphatic heterocycles. The van der Waals surface area contributed by atoms with E-state index in [1.807, 2.05) is 0 Å². The summed E-state index contributed by atoms with van der Waals surface area (Å²) in [6, 6.07) is 3.78. The Labute approximate surface area is 219 Å². The monoisotopic (exact) mass is 735 g/mol. The normalized spacial score (nSPS) is 16.0. The molecule has 0 fully saturated rings. The Balaban J connectivity index is 3.62. The van der Waals surface area contributed by atoms with E-state index in [2.05, 4.69) is 3.21 Å². The Hall–Kier alpha value is -1.68. The molecule has 0 aliphatic carbocycles. The van der Waals surface area contributed by atoms with Crippen molar-refractivity contribution in [3.63, 3.8) is 0 Å². The zero-order chi connectivity index (χ0) is 31.5. The van der Waals surface area contributed by atoms with Gasteiger partial charge in [0.05, 0.1) is 10.6 Å². The number of hydrogen-bond donors (Lipinski definition) is 0. The van der Waals surface area contributed by atoms with Gasteiger partial charge in [-0.15, -0.1) is 0 Å². The van der Waals surface area contributed by atoms with Crippen molar-refractivity contribution < 1.29 is 101 Å². The number of sulfone groups is 1. The summed E-state index contributed by atoms with van der Waals surface area (Å²) >= 11 is -2.85. The van der Waals surface area contributed by atoms with Gasteiger partial charge in [-0.2, -0.15) is 65.9 Å². The third-order valence-corrected chi connectivity index (χ3v) is 9.79. The maximum atomic E-state index is 14.0. The van der Waals surface area contributed by atoms with Crippen LogP contribution in [0.25, 0.3) is 0 Å². The third-order valence-electron chi connectivity index (χ3n) is 4.74. The van der Waals surface area contributed by atoms with Crippen LogP contribution in [0.3, 0.4) is 0 Å². The molecule has 4 nitrogen and oxygen atoms in total. The van der Waals surface area contributed by atoms with Crippen LogP contribution in [0.15, 0.2) is 32.4 Å². The van der Waals surface area contributed by atoms with E-state index in [1.165, 1.54) is 0 Å². The average molecular weight is 735 g/mol. The van der Waals surface area contributed by atoms with Crippen molar-refractivity contribution in [2.24, 2.45) is 3.21 Å². The molecule has 0 saturated heterocycles. The van der Waals surface area contributed by atoms with Gasteiger partial charge in [0.25, 0.3) is 0 Å². The topological polar surface area (TPSA) is 69.6 Å². The summed E-state index contributed by atoms with van der Waals surface area (Å²) in [5.41, 5.74) is 0. The lowest BCUT2D eigenvalue weighted by molar-refractivity contribution is -0.640. The molecule has 0 radical (unpaired) electrons. The van der Waals surface area contributed by atoms with E-state index >= 15 is 0 Å². The van der Waals surface area contributed by atoms with Crippen LogP contribution < -0.4 is 26.6 Å². The first kappa shape index (κ1) is 35.3. The van der Waals surface area contributed by atoms with E-state index in [-0.39, 0.29) is 0 Å². The van der Waals surface area contributed by atoms with Gasteiger partial charge < -0.3 is 5.11 Å². The molecule has 226 valence electrons. The zero-order valence-corrected chi connectivity index (χ0v) is 21.9. The second-order valence-electron chi connectivity index (χ2n) is 8.46.